The fourth-order valence-electron chi connectivity index (χ4n) is 4.46. The van der Waals surface area contributed by atoms with Crippen LogP contribution in [0.25, 0.3) is 0 Å². The number of amidine groups is 1. The van der Waals surface area contributed by atoms with Crippen LogP contribution < -0.4 is 21.3 Å². The van der Waals surface area contributed by atoms with Gasteiger partial charge in [-0.15, -0.1) is 0 Å². The first kappa shape index (κ1) is 30.7. The highest BCUT2D eigenvalue weighted by Gasteiger charge is 2.34. The predicted octanol–water partition coefficient (Wildman–Crippen LogP) is 4.21. The van der Waals surface area contributed by atoms with Crippen molar-refractivity contribution in [3.05, 3.63) is 58.1 Å². The number of methoxy groups -OCH3 is 1. The van der Waals surface area contributed by atoms with Crippen molar-refractivity contribution in [1.29, 1.82) is 0 Å². The van der Waals surface area contributed by atoms with Gasteiger partial charge in [-0.05, 0) is 61.2 Å². The topological polar surface area (TPSA) is 156 Å². The Morgan fingerprint density at radius 2 is 2.02 bits per heavy atom. The number of nitrogens with one attached hydrogen (secondary N) is 2. The number of nitrogen functional groups attached to an aromatic ring is 1. The second-order valence-corrected chi connectivity index (χ2v) is 9.84. The molecular weight excluding hydrogens is 538 g/mol. The van der Waals surface area contributed by atoms with E-state index in [1.54, 1.807) is 37.3 Å². The van der Waals surface area contributed by atoms with E-state index >= 15 is 0 Å². The molecule has 2 atom stereocenters. The lowest BCUT2D eigenvalue weighted by Crippen LogP contribution is -2.50. The summed E-state index contributed by atoms with van der Waals surface area (Å²) >= 11 is 6.20. The van der Waals surface area contributed by atoms with Gasteiger partial charge in [0.25, 0.3) is 0 Å². The smallest absolute Gasteiger partial charge is 0.337 e. The number of benzene rings is 2. The maximum Gasteiger partial charge on any atom is 0.337 e. The molecule has 11 nitrogen and oxygen atoms in total. The number of aromatic carboxylic acids is 1. The van der Waals surface area contributed by atoms with Gasteiger partial charge in [0.2, 0.25) is 5.91 Å². The molecular formula is C28H36ClN5O6. The number of ether oxygens (including phenoxy) is 1. The Kier molecular flexibility index (Phi) is 11.2. The lowest BCUT2D eigenvalue weighted by Gasteiger charge is -2.27. The maximum absolute atomic E-state index is 13.8. The van der Waals surface area contributed by atoms with Crippen LogP contribution in [0.4, 0.5) is 10.5 Å². The molecule has 12 heteroatoms. The Bertz CT molecular complexity index is 1250. The maximum atomic E-state index is 13.8. The molecule has 3 amide bonds. The summed E-state index contributed by atoms with van der Waals surface area (Å²) in [6, 6.07) is 8.65. The van der Waals surface area contributed by atoms with E-state index in [0.717, 1.165) is 23.3 Å². The second kappa shape index (κ2) is 14.5. The molecule has 5 N–H and O–H groups in total. The number of hydrogen-bond donors (Lipinski definition) is 4. The summed E-state index contributed by atoms with van der Waals surface area (Å²) in [4.78, 5) is 49.8. The molecule has 2 aromatic carbocycles. The first-order chi connectivity index (χ1) is 19.2. The lowest BCUT2D eigenvalue weighted by molar-refractivity contribution is -0.131. The summed E-state index contributed by atoms with van der Waals surface area (Å²) in [6.45, 7) is 4.19. The number of carboxylic acid groups (broad SMARTS) is 1. The van der Waals surface area contributed by atoms with Crippen molar-refractivity contribution in [1.82, 2.24) is 15.7 Å². The zero-order valence-electron chi connectivity index (χ0n) is 22.9. The molecule has 0 spiro atoms. The van der Waals surface area contributed by atoms with Gasteiger partial charge in [0, 0.05) is 10.7 Å². The van der Waals surface area contributed by atoms with Crippen molar-refractivity contribution in [2.24, 2.45) is 10.9 Å². The summed E-state index contributed by atoms with van der Waals surface area (Å²) in [5, 5.41) is 12.8. The van der Waals surface area contributed by atoms with Crippen molar-refractivity contribution in [2.45, 2.75) is 45.6 Å². The SMILES string of the molecule is CCCC[C@@H](NC(=O)N1CC(NOCC)=NC[C@H](Cc2cc(Cl)ccc2OC)C1=O)c1ccc(C(=O)O)c(N)c1. The third kappa shape index (κ3) is 7.86. The van der Waals surface area contributed by atoms with Gasteiger partial charge in [-0.2, -0.15) is 0 Å². The molecule has 0 fully saturated rings. The van der Waals surface area contributed by atoms with Gasteiger partial charge in [0.05, 0.1) is 44.3 Å². The van der Waals surface area contributed by atoms with E-state index in [4.69, 9.17) is 26.9 Å². The van der Waals surface area contributed by atoms with E-state index in [1.165, 1.54) is 13.2 Å². The van der Waals surface area contributed by atoms with Crippen LogP contribution in [-0.4, -0.2) is 60.6 Å². The quantitative estimate of drug-likeness (QED) is 0.230. The Morgan fingerprint density at radius 3 is 2.67 bits per heavy atom. The standard InChI is InChI=1S/C28H36ClN5O6/c1-4-6-7-23(17-8-10-21(27(36)37)22(30)14-17)32-28(38)34-16-25(33-40-5-2)31-15-19(26(34)35)12-18-13-20(29)9-11-24(18)39-3/h8-11,13-14,19,23H,4-7,12,15-16,30H2,1-3H3,(H,31,33)(H,32,38)(H,36,37)/t19-,23+/m0/s1. The van der Waals surface area contributed by atoms with Crippen LogP contribution in [0.1, 0.15) is 60.6 Å². The number of carboxylic acids is 1. The molecule has 0 bridgehead atoms. The molecule has 2 aromatic rings. The minimum absolute atomic E-state index is 0.0193. The van der Waals surface area contributed by atoms with Gasteiger partial charge in [-0.1, -0.05) is 37.4 Å². The average Bonchev–Trinajstić information content (AvgIpc) is 3.08. The number of carbonyl (C=O) groups excluding carboxylic acids is 2. The number of nitrogens with zero attached hydrogens (tertiary/aromatic N) is 2. The van der Waals surface area contributed by atoms with Gasteiger partial charge >= 0.3 is 12.0 Å². The molecule has 0 saturated carbocycles. The summed E-state index contributed by atoms with van der Waals surface area (Å²) in [6.07, 6.45) is 2.48. The minimum Gasteiger partial charge on any atom is -0.496 e. The van der Waals surface area contributed by atoms with E-state index in [9.17, 15) is 19.5 Å². The van der Waals surface area contributed by atoms with Gasteiger partial charge in [0.15, 0.2) is 0 Å². The number of hydroxylamine groups is 1. The fourth-order valence-corrected chi connectivity index (χ4v) is 4.66. The monoisotopic (exact) mass is 573 g/mol. The van der Waals surface area contributed by atoms with Gasteiger partial charge in [0.1, 0.15) is 11.6 Å². The lowest BCUT2D eigenvalue weighted by atomic mass is 9.97. The number of carbonyl (C=O) groups is 3. The van der Waals surface area contributed by atoms with Gasteiger partial charge < -0.3 is 20.9 Å². The number of halogens is 1. The highest BCUT2D eigenvalue weighted by atomic mass is 35.5. The number of rotatable bonds is 11. The number of aliphatic imine (C=N–C) groups is 1. The number of unbranched alkanes of at least 4 members (excludes halogenated alkanes) is 1. The summed E-state index contributed by atoms with van der Waals surface area (Å²) < 4.78 is 5.45. The zero-order chi connectivity index (χ0) is 29.2. The summed E-state index contributed by atoms with van der Waals surface area (Å²) in [7, 11) is 1.54. The van der Waals surface area contributed by atoms with Crippen LogP contribution in [0.2, 0.25) is 5.02 Å². The average molecular weight is 574 g/mol. The number of nitrogens with two attached hydrogens (primary N) is 1. The fraction of sp³-hybridized carbons (Fsp3) is 0.429. The van der Waals surface area contributed by atoms with Crippen LogP contribution in [0.15, 0.2) is 41.4 Å². The van der Waals surface area contributed by atoms with Crippen LogP contribution in [0, 0.1) is 5.92 Å². The zero-order valence-corrected chi connectivity index (χ0v) is 23.7. The van der Waals surface area contributed by atoms with E-state index in [1.807, 2.05) is 6.92 Å². The van der Waals surface area contributed by atoms with Crippen LogP contribution in [0.5, 0.6) is 5.75 Å². The largest absolute Gasteiger partial charge is 0.496 e. The van der Waals surface area contributed by atoms with Crippen LogP contribution in [-0.2, 0) is 16.1 Å². The first-order valence-corrected chi connectivity index (χ1v) is 13.5. The molecule has 1 aliphatic rings. The second-order valence-electron chi connectivity index (χ2n) is 9.40. The molecule has 1 aliphatic heterocycles. The molecule has 0 aliphatic carbocycles. The molecule has 3 rings (SSSR count). The number of imide groups is 1. The Balaban J connectivity index is 1.90. The molecule has 1 heterocycles. The highest BCUT2D eigenvalue weighted by molar-refractivity contribution is 6.30. The van der Waals surface area contributed by atoms with Crippen molar-refractivity contribution >= 4 is 41.0 Å². The van der Waals surface area contributed by atoms with E-state index < -0.39 is 29.9 Å². The third-order valence-electron chi connectivity index (χ3n) is 6.57. The number of hydrogen-bond acceptors (Lipinski definition) is 8. The molecule has 0 radical (unpaired) electrons. The van der Waals surface area contributed by atoms with Crippen molar-refractivity contribution in [3.8, 4) is 5.75 Å². The van der Waals surface area contributed by atoms with Gasteiger partial charge in [-0.3, -0.25) is 25.0 Å². The molecule has 216 valence electrons. The van der Waals surface area contributed by atoms with E-state index in [2.05, 4.69) is 15.8 Å². The first-order valence-electron chi connectivity index (χ1n) is 13.2. The summed E-state index contributed by atoms with van der Waals surface area (Å²) in [5.41, 5.74) is 10.2. The highest BCUT2D eigenvalue weighted by Crippen LogP contribution is 2.28. The number of urea groups is 1. The summed E-state index contributed by atoms with van der Waals surface area (Å²) in [5.74, 6) is -1.29. The van der Waals surface area contributed by atoms with Crippen molar-refractivity contribution in [3.63, 3.8) is 0 Å². The van der Waals surface area contributed by atoms with E-state index in [-0.39, 0.29) is 30.8 Å². The van der Waals surface area contributed by atoms with E-state index in [0.29, 0.717) is 35.2 Å². The predicted molar refractivity (Wildman–Crippen MR) is 153 cm³/mol. The Labute approximate surface area is 238 Å². The van der Waals surface area contributed by atoms with Gasteiger partial charge in [-0.25, -0.2) is 9.59 Å². The third-order valence-corrected chi connectivity index (χ3v) is 6.80. The molecule has 0 aromatic heterocycles. The molecule has 0 saturated heterocycles. The Morgan fingerprint density at radius 1 is 1.25 bits per heavy atom. The normalized spacial score (nSPS) is 16.1. The van der Waals surface area contributed by atoms with Crippen LogP contribution in [0.3, 0.4) is 0 Å². The van der Waals surface area contributed by atoms with Crippen molar-refractivity contribution < 1.29 is 29.1 Å². The minimum atomic E-state index is -1.13. The molecule has 40 heavy (non-hydrogen) atoms. The number of anilines is 1. The van der Waals surface area contributed by atoms with Crippen molar-refractivity contribution in [2.75, 3.05) is 32.5 Å². The molecule has 0 unspecified atom stereocenters. The van der Waals surface area contributed by atoms with Crippen LogP contribution >= 0.6 is 11.6 Å². The Hall–Kier alpha value is -3.83. The number of amides is 3.